The van der Waals surface area contributed by atoms with Crippen LogP contribution in [0.2, 0.25) is 0 Å². The summed E-state index contributed by atoms with van der Waals surface area (Å²) >= 11 is 0. The molecule has 97 valence electrons. The SMILES string of the molecule is C[C@@H](N)c1ccc2c(c1)CCN2c1cc[c]cc1F. The molecule has 0 spiro atoms. The first-order valence-corrected chi connectivity index (χ1v) is 6.48. The van der Waals surface area contributed by atoms with E-state index in [1.54, 1.807) is 12.1 Å². The van der Waals surface area contributed by atoms with Crippen LogP contribution in [0.5, 0.6) is 0 Å². The van der Waals surface area contributed by atoms with Crippen LogP contribution in [0.3, 0.4) is 0 Å². The first-order chi connectivity index (χ1) is 9.16. The van der Waals surface area contributed by atoms with Gasteiger partial charge < -0.3 is 10.6 Å². The summed E-state index contributed by atoms with van der Waals surface area (Å²) in [5.74, 6) is -0.230. The van der Waals surface area contributed by atoms with Crippen molar-refractivity contribution < 1.29 is 4.39 Å². The molecule has 0 unspecified atom stereocenters. The summed E-state index contributed by atoms with van der Waals surface area (Å²) in [4.78, 5) is 2.02. The maximum absolute atomic E-state index is 13.9. The summed E-state index contributed by atoms with van der Waals surface area (Å²) in [5.41, 5.74) is 9.96. The zero-order valence-electron chi connectivity index (χ0n) is 10.9. The zero-order chi connectivity index (χ0) is 13.4. The van der Waals surface area contributed by atoms with Gasteiger partial charge in [0.05, 0.1) is 5.69 Å². The van der Waals surface area contributed by atoms with Gasteiger partial charge in [0.1, 0.15) is 5.82 Å². The molecule has 0 aliphatic carbocycles. The van der Waals surface area contributed by atoms with Crippen molar-refractivity contribution in [2.24, 2.45) is 5.73 Å². The third kappa shape index (κ3) is 2.10. The monoisotopic (exact) mass is 255 g/mol. The Balaban J connectivity index is 2.01. The van der Waals surface area contributed by atoms with Gasteiger partial charge in [-0.2, -0.15) is 0 Å². The van der Waals surface area contributed by atoms with Crippen LogP contribution in [-0.4, -0.2) is 6.54 Å². The molecule has 3 rings (SSSR count). The van der Waals surface area contributed by atoms with Gasteiger partial charge in [-0.1, -0.05) is 18.2 Å². The van der Waals surface area contributed by atoms with Gasteiger partial charge in [0.15, 0.2) is 0 Å². The van der Waals surface area contributed by atoms with E-state index in [0.29, 0.717) is 5.69 Å². The van der Waals surface area contributed by atoms with Gasteiger partial charge in [0.2, 0.25) is 0 Å². The Morgan fingerprint density at radius 2 is 2.16 bits per heavy atom. The fourth-order valence-electron chi connectivity index (χ4n) is 2.58. The van der Waals surface area contributed by atoms with Gasteiger partial charge in [-0.15, -0.1) is 0 Å². The zero-order valence-corrected chi connectivity index (χ0v) is 10.9. The molecule has 2 nitrogen and oxygen atoms in total. The summed E-state index contributed by atoms with van der Waals surface area (Å²) in [5, 5.41) is 0. The van der Waals surface area contributed by atoms with Gasteiger partial charge in [-0.05, 0) is 48.7 Å². The Kier molecular flexibility index (Phi) is 2.99. The fourth-order valence-corrected chi connectivity index (χ4v) is 2.58. The largest absolute Gasteiger partial charge is 0.339 e. The minimum atomic E-state index is -0.230. The number of fused-ring (bicyclic) bond motifs is 1. The van der Waals surface area contributed by atoms with E-state index in [9.17, 15) is 4.39 Å². The second-order valence-corrected chi connectivity index (χ2v) is 4.96. The van der Waals surface area contributed by atoms with Crippen molar-refractivity contribution in [3.63, 3.8) is 0 Å². The third-order valence-corrected chi connectivity index (χ3v) is 3.61. The van der Waals surface area contributed by atoms with Gasteiger partial charge in [0, 0.05) is 18.3 Å². The molecule has 0 aromatic heterocycles. The van der Waals surface area contributed by atoms with Gasteiger partial charge in [0.25, 0.3) is 0 Å². The lowest BCUT2D eigenvalue weighted by molar-refractivity contribution is 0.626. The average molecular weight is 255 g/mol. The number of benzene rings is 2. The fraction of sp³-hybridized carbons (Fsp3) is 0.250. The molecule has 1 radical (unpaired) electrons. The molecule has 0 fully saturated rings. The molecule has 19 heavy (non-hydrogen) atoms. The molecule has 1 aliphatic heterocycles. The lowest BCUT2D eigenvalue weighted by Gasteiger charge is -2.20. The molecule has 2 N–H and O–H groups in total. The highest BCUT2D eigenvalue weighted by molar-refractivity contribution is 5.70. The topological polar surface area (TPSA) is 29.3 Å². The number of halogens is 1. The minimum absolute atomic E-state index is 0.0300. The lowest BCUT2D eigenvalue weighted by atomic mass is 10.0. The molecule has 2 aromatic carbocycles. The smallest absolute Gasteiger partial charge is 0.147 e. The molecular weight excluding hydrogens is 239 g/mol. The van der Waals surface area contributed by atoms with Crippen molar-refractivity contribution in [2.45, 2.75) is 19.4 Å². The molecule has 3 heteroatoms. The molecule has 1 heterocycles. The summed E-state index contributed by atoms with van der Waals surface area (Å²) < 4.78 is 13.9. The molecular formula is C16H16FN2. The Hall–Kier alpha value is -1.87. The van der Waals surface area contributed by atoms with Crippen molar-refractivity contribution in [3.8, 4) is 0 Å². The number of nitrogens with zero attached hydrogens (tertiary/aromatic N) is 1. The van der Waals surface area contributed by atoms with Gasteiger partial charge >= 0.3 is 0 Å². The van der Waals surface area contributed by atoms with Crippen LogP contribution in [0.15, 0.2) is 36.4 Å². The van der Waals surface area contributed by atoms with Crippen molar-refractivity contribution in [1.29, 1.82) is 0 Å². The van der Waals surface area contributed by atoms with Crippen LogP contribution in [0.1, 0.15) is 24.1 Å². The Morgan fingerprint density at radius 1 is 1.32 bits per heavy atom. The number of anilines is 2. The molecule has 0 saturated heterocycles. The van der Waals surface area contributed by atoms with Crippen molar-refractivity contribution in [3.05, 3.63) is 59.4 Å². The number of nitrogens with two attached hydrogens (primary N) is 1. The highest BCUT2D eigenvalue weighted by atomic mass is 19.1. The summed E-state index contributed by atoms with van der Waals surface area (Å²) in [7, 11) is 0. The third-order valence-electron chi connectivity index (χ3n) is 3.61. The van der Waals surface area contributed by atoms with E-state index in [1.807, 2.05) is 24.0 Å². The van der Waals surface area contributed by atoms with Crippen molar-refractivity contribution in [1.82, 2.24) is 0 Å². The van der Waals surface area contributed by atoms with E-state index in [1.165, 1.54) is 11.6 Å². The molecule has 2 aromatic rings. The van der Waals surface area contributed by atoms with Crippen LogP contribution >= 0.6 is 0 Å². The van der Waals surface area contributed by atoms with Crippen LogP contribution in [-0.2, 0) is 6.42 Å². The maximum atomic E-state index is 13.9. The second kappa shape index (κ2) is 4.67. The average Bonchev–Trinajstić information content (AvgIpc) is 2.82. The Labute approximate surface area is 112 Å². The normalized spacial score (nSPS) is 15.4. The van der Waals surface area contributed by atoms with E-state index in [-0.39, 0.29) is 11.9 Å². The van der Waals surface area contributed by atoms with Crippen molar-refractivity contribution >= 4 is 11.4 Å². The van der Waals surface area contributed by atoms with Crippen LogP contribution in [0, 0.1) is 11.9 Å². The molecule has 0 amide bonds. The molecule has 1 aliphatic rings. The summed E-state index contributed by atoms with van der Waals surface area (Å²) in [6.07, 6.45) is 0.925. The van der Waals surface area contributed by atoms with E-state index in [4.69, 9.17) is 5.73 Å². The van der Waals surface area contributed by atoms with Crippen LogP contribution in [0.25, 0.3) is 0 Å². The minimum Gasteiger partial charge on any atom is -0.339 e. The summed E-state index contributed by atoms with van der Waals surface area (Å²) in [6, 6.07) is 13.9. The summed E-state index contributed by atoms with van der Waals surface area (Å²) in [6.45, 7) is 2.78. The van der Waals surface area contributed by atoms with E-state index in [2.05, 4.69) is 12.1 Å². The van der Waals surface area contributed by atoms with Crippen molar-refractivity contribution in [2.75, 3.05) is 11.4 Å². The molecule has 0 bridgehead atoms. The first-order valence-electron chi connectivity index (χ1n) is 6.48. The molecule has 0 saturated carbocycles. The van der Waals surface area contributed by atoms with Gasteiger partial charge in [-0.3, -0.25) is 0 Å². The number of rotatable bonds is 2. The second-order valence-electron chi connectivity index (χ2n) is 4.96. The van der Waals surface area contributed by atoms with Crippen LogP contribution < -0.4 is 10.6 Å². The predicted molar refractivity (Wildman–Crippen MR) is 75.0 cm³/mol. The van der Waals surface area contributed by atoms with E-state index >= 15 is 0 Å². The maximum Gasteiger partial charge on any atom is 0.147 e. The predicted octanol–water partition coefficient (Wildman–Crippen LogP) is 3.34. The van der Waals surface area contributed by atoms with Crippen LogP contribution in [0.4, 0.5) is 15.8 Å². The first kappa shape index (κ1) is 12.2. The van der Waals surface area contributed by atoms with E-state index in [0.717, 1.165) is 24.2 Å². The number of hydrogen-bond acceptors (Lipinski definition) is 2. The quantitative estimate of drug-likeness (QED) is 0.891. The standard InChI is InChI=1S/C16H16FN2/c1-11(18)12-6-7-15-13(10-12)8-9-19(15)16-5-3-2-4-14(16)17/h3-7,10-11H,8-9,18H2,1H3/t11-/m1/s1. The highest BCUT2D eigenvalue weighted by Gasteiger charge is 2.22. The Bertz CT molecular complexity index is 607. The van der Waals surface area contributed by atoms with E-state index < -0.39 is 0 Å². The Morgan fingerprint density at radius 3 is 2.89 bits per heavy atom. The highest BCUT2D eigenvalue weighted by Crippen LogP contribution is 2.36. The number of hydrogen-bond donors (Lipinski definition) is 1. The van der Waals surface area contributed by atoms with Gasteiger partial charge in [-0.25, -0.2) is 4.39 Å². The molecule has 1 atom stereocenters. The lowest BCUT2D eigenvalue weighted by Crippen LogP contribution is -2.14.